The van der Waals surface area contributed by atoms with Crippen LogP contribution in [0.1, 0.15) is 10.4 Å². The summed E-state index contributed by atoms with van der Waals surface area (Å²) in [4.78, 5) is 24.8. The number of nitrogens with zero attached hydrogens (tertiary/aromatic N) is 1. The predicted molar refractivity (Wildman–Crippen MR) is 45.6 cm³/mol. The molecule has 0 atom stereocenters. The number of hydrogen-bond donors (Lipinski definition) is 1. The fourth-order valence-electron chi connectivity index (χ4n) is 0.733. The molecular formula is C7H5ClN2O3. The van der Waals surface area contributed by atoms with E-state index in [0.29, 0.717) is 6.29 Å². The molecule has 0 saturated carbocycles. The van der Waals surface area contributed by atoms with Crippen molar-refractivity contribution in [2.75, 3.05) is 5.32 Å². The summed E-state index contributed by atoms with van der Waals surface area (Å²) in [5.74, 6) is 0.114. The topological polar surface area (TPSA) is 68.3 Å². The number of aromatic nitrogens is 1. The predicted octanol–water partition coefficient (Wildman–Crippen LogP) is 1.60. The van der Waals surface area contributed by atoms with Crippen LogP contribution in [-0.4, -0.2) is 17.4 Å². The lowest BCUT2D eigenvalue weighted by atomic mass is 10.3. The minimum Gasteiger partial charge on any atom is -0.330 e. The van der Waals surface area contributed by atoms with Crippen molar-refractivity contribution in [2.24, 2.45) is 0 Å². The average molecular weight is 201 g/mol. The van der Waals surface area contributed by atoms with E-state index in [4.69, 9.17) is 11.9 Å². The minimum atomic E-state index is -0.886. The maximum Gasteiger partial charge on any atom is 0.431 e. The Kier molecular flexibility index (Phi) is 3.22. The molecule has 0 spiro atoms. The second kappa shape index (κ2) is 4.42. The molecule has 0 aromatic carbocycles. The molecule has 6 heteroatoms. The van der Waals surface area contributed by atoms with E-state index in [0.717, 1.165) is 0 Å². The van der Waals surface area contributed by atoms with E-state index < -0.39 is 6.09 Å². The van der Waals surface area contributed by atoms with Crippen molar-refractivity contribution < 1.29 is 13.9 Å². The van der Waals surface area contributed by atoms with E-state index in [1.165, 1.54) is 12.3 Å². The third-order valence-electron chi connectivity index (χ3n) is 1.26. The van der Waals surface area contributed by atoms with Gasteiger partial charge in [0.05, 0.1) is 5.56 Å². The maximum absolute atomic E-state index is 10.6. The van der Waals surface area contributed by atoms with Crippen LogP contribution in [0.4, 0.5) is 10.6 Å². The second-order valence-electron chi connectivity index (χ2n) is 2.05. The fourth-order valence-corrected chi connectivity index (χ4v) is 0.772. The van der Waals surface area contributed by atoms with E-state index in [1.54, 1.807) is 6.07 Å². The fraction of sp³-hybridized carbons (Fsp3) is 0. The van der Waals surface area contributed by atoms with Crippen LogP contribution in [0, 0.1) is 0 Å². The summed E-state index contributed by atoms with van der Waals surface area (Å²) in [5, 5.41) is 2.18. The Bertz CT molecular complexity index is 329. The zero-order valence-corrected chi connectivity index (χ0v) is 7.12. The Morgan fingerprint density at radius 3 is 3.08 bits per heavy atom. The first-order valence-corrected chi connectivity index (χ1v) is 3.58. The summed E-state index contributed by atoms with van der Waals surface area (Å²) in [5.41, 5.74) is 0.254. The molecule has 1 heterocycles. The SMILES string of the molecule is O=Cc1cccnc1NC(=O)OCl. The quantitative estimate of drug-likeness (QED) is 0.737. The van der Waals surface area contributed by atoms with Crippen LogP contribution in [0.2, 0.25) is 0 Å². The molecule has 68 valence electrons. The minimum absolute atomic E-state index is 0.114. The Labute approximate surface area is 78.8 Å². The van der Waals surface area contributed by atoms with Gasteiger partial charge in [-0.05, 0) is 12.1 Å². The van der Waals surface area contributed by atoms with Gasteiger partial charge in [-0.3, -0.25) is 10.1 Å². The molecule has 1 amide bonds. The Morgan fingerprint density at radius 1 is 1.69 bits per heavy atom. The molecule has 1 aromatic rings. The first-order chi connectivity index (χ1) is 6.27. The summed E-state index contributed by atoms with van der Waals surface area (Å²) >= 11 is 4.77. The van der Waals surface area contributed by atoms with Crippen molar-refractivity contribution in [1.82, 2.24) is 4.98 Å². The van der Waals surface area contributed by atoms with Crippen molar-refractivity contribution in [3.63, 3.8) is 0 Å². The summed E-state index contributed by atoms with van der Waals surface area (Å²) in [7, 11) is 0. The van der Waals surface area contributed by atoms with Crippen molar-refractivity contribution in [3.05, 3.63) is 23.9 Å². The van der Waals surface area contributed by atoms with E-state index in [2.05, 4.69) is 14.6 Å². The lowest BCUT2D eigenvalue weighted by Gasteiger charge is -2.01. The Morgan fingerprint density at radius 2 is 2.46 bits per heavy atom. The van der Waals surface area contributed by atoms with Gasteiger partial charge in [-0.15, -0.1) is 0 Å². The standard InChI is InChI=1S/C7H5ClN2O3/c8-13-7(12)10-6-5(4-11)2-1-3-9-6/h1-4H,(H,9,10,12). The number of carbonyl (C=O) groups excluding carboxylic acids is 2. The number of anilines is 1. The first kappa shape index (κ1) is 9.47. The zero-order valence-electron chi connectivity index (χ0n) is 6.36. The van der Waals surface area contributed by atoms with Crippen LogP contribution in [0.25, 0.3) is 0 Å². The highest BCUT2D eigenvalue weighted by atomic mass is 35.5. The van der Waals surface area contributed by atoms with Crippen LogP contribution in [0.3, 0.4) is 0 Å². The molecule has 0 aliphatic rings. The van der Waals surface area contributed by atoms with Gasteiger partial charge in [-0.1, -0.05) is 0 Å². The van der Waals surface area contributed by atoms with Gasteiger partial charge in [0.25, 0.3) is 0 Å². The number of halogens is 1. The molecular weight excluding hydrogens is 196 g/mol. The number of rotatable bonds is 2. The van der Waals surface area contributed by atoms with E-state index in [9.17, 15) is 9.59 Å². The van der Waals surface area contributed by atoms with E-state index in [-0.39, 0.29) is 11.4 Å². The molecule has 0 radical (unpaired) electrons. The molecule has 0 aliphatic carbocycles. The second-order valence-corrected chi connectivity index (χ2v) is 2.20. The van der Waals surface area contributed by atoms with E-state index in [1.807, 2.05) is 0 Å². The van der Waals surface area contributed by atoms with Gasteiger partial charge >= 0.3 is 6.09 Å². The van der Waals surface area contributed by atoms with Crippen molar-refractivity contribution in [3.8, 4) is 0 Å². The normalized spacial score (nSPS) is 9.00. The Hall–Kier alpha value is -1.62. The van der Waals surface area contributed by atoms with Crippen molar-refractivity contribution in [1.29, 1.82) is 0 Å². The molecule has 0 fully saturated rings. The molecule has 1 aromatic heterocycles. The third-order valence-corrected chi connectivity index (χ3v) is 1.40. The van der Waals surface area contributed by atoms with Crippen molar-refractivity contribution in [2.45, 2.75) is 0 Å². The van der Waals surface area contributed by atoms with Crippen LogP contribution < -0.4 is 5.32 Å². The molecule has 5 nitrogen and oxygen atoms in total. The number of aldehydes is 1. The summed E-state index contributed by atoms with van der Waals surface area (Å²) in [6.07, 6.45) is 1.11. The van der Waals surface area contributed by atoms with Gasteiger partial charge in [0.1, 0.15) is 17.7 Å². The van der Waals surface area contributed by atoms with Crippen LogP contribution in [-0.2, 0) is 4.29 Å². The van der Waals surface area contributed by atoms with Gasteiger partial charge in [0.2, 0.25) is 0 Å². The molecule has 0 aliphatic heterocycles. The highest BCUT2D eigenvalue weighted by Crippen LogP contribution is 2.08. The smallest absolute Gasteiger partial charge is 0.330 e. The third kappa shape index (κ3) is 2.41. The summed E-state index contributed by atoms with van der Waals surface area (Å²) < 4.78 is 3.82. The van der Waals surface area contributed by atoms with Gasteiger partial charge in [-0.25, -0.2) is 9.78 Å². The number of carbonyl (C=O) groups is 2. The van der Waals surface area contributed by atoms with Gasteiger partial charge in [0, 0.05) is 6.20 Å². The number of pyridine rings is 1. The monoisotopic (exact) mass is 200 g/mol. The highest BCUT2D eigenvalue weighted by Gasteiger charge is 2.06. The molecule has 0 unspecified atom stereocenters. The molecule has 0 bridgehead atoms. The highest BCUT2D eigenvalue weighted by molar-refractivity contribution is 6.14. The summed E-state index contributed by atoms with van der Waals surface area (Å²) in [6.45, 7) is 0. The largest absolute Gasteiger partial charge is 0.431 e. The molecule has 13 heavy (non-hydrogen) atoms. The zero-order chi connectivity index (χ0) is 9.68. The van der Waals surface area contributed by atoms with Gasteiger partial charge in [-0.2, -0.15) is 0 Å². The Balaban J connectivity index is 2.87. The first-order valence-electron chi connectivity index (χ1n) is 3.27. The van der Waals surface area contributed by atoms with Crippen molar-refractivity contribution >= 4 is 30.1 Å². The molecule has 1 N–H and O–H groups in total. The number of hydrogen-bond acceptors (Lipinski definition) is 4. The van der Waals surface area contributed by atoms with Gasteiger partial charge in [0.15, 0.2) is 6.29 Å². The number of amides is 1. The lowest BCUT2D eigenvalue weighted by molar-refractivity contribution is 0.112. The summed E-state index contributed by atoms with van der Waals surface area (Å²) in [6, 6.07) is 3.07. The molecule has 0 saturated heterocycles. The van der Waals surface area contributed by atoms with Gasteiger partial charge < -0.3 is 4.29 Å². The average Bonchev–Trinajstić information content (AvgIpc) is 2.18. The number of nitrogens with one attached hydrogen (secondary N) is 1. The van der Waals surface area contributed by atoms with E-state index >= 15 is 0 Å². The lowest BCUT2D eigenvalue weighted by Crippen LogP contribution is -2.11. The van der Waals surface area contributed by atoms with Crippen LogP contribution in [0.15, 0.2) is 18.3 Å². The van der Waals surface area contributed by atoms with Crippen LogP contribution >= 0.6 is 11.9 Å². The maximum atomic E-state index is 10.6. The molecule has 1 rings (SSSR count). The van der Waals surface area contributed by atoms with Crippen LogP contribution in [0.5, 0.6) is 0 Å².